The summed E-state index contributed by atoms with van der Waals surface area (Å²) in [5.74, 6) is 0. The lowest BCUT2D eigenvalue weighted by atomic mass is 9.90. The molecule has 0 aliphatic heterocycles. The van der Waals surface area contributed by atoms with E-state index in [1.807, 2.05) is 0 Å². The minimum absolute atomic E-state index is 0.262. The highest BCUT2D eigenvalue weighted by molar-refractivity contribution is 5.15. The second-order valence-corrected chi connectivity index (χ2v) is 6.35. The van der Waals surface area contributed by atoms with Crippen LogP contribution in [0.15, 0.2) is 30.3 Å². The Balaban J connectivity index is 1.79. The van der Waals surface area contributed by atoms with E-state index in [4.69, 9.17) is 0 Å². The van der Waals surface area contributed by atoms with Crippen LogP contribution in [0.25, 0.3) is 0 Å². The van der Waals surface area contributed by atoms with Crippen molar-refractivity contribution >= 4 is 0 Å². The average molecular weight is 245 g/mol. The molecule has 18 heavy (non-hydrogen) atoms. The zero-order valence-electron chi connectivity index (χ0n) is 11.9. The van der Waals surface area contributed by atoms with Crippen molar-refractivity contribution in [2.75, 3.05) is 0 Å². The Morgan fingerprint density at radius 3 is 2.39 bits per heavy atom. The summed E-state index contributed by atoms with van der Waals surface area (Å²) in [7, 11) is 0. The van der Waals surface area contributed by atoms with Gasteiger partial charge in [0.25, 0.3) is 0 Å². The quantitative estimate of drug-likeness (QED) is 0.814. The van der Waals surface area contributed by atoms with Gasteiger partial charge in [-0.05, 0) is 45.1 Å². The summed E-state index contributed by atoms with van der Waals surface area (Å²) in [5, 5.41) is 3.87. The zero-order valence-corrected chi connectivity index (χ0v) is 11.9. The first kappa shape index (κ1) is 13.6. The third-order valence-electron chi connectivity index (χ3n) is 4.08. The van der Waals surface area contributed by atoms with Crippen LogP contribution >= 0.6 is 0 Å². The normalized spacial score (nSPS) is 17.9. The Morgan fingerprint density at radius 1 is 1.06 bits per heavy atom. The summed E-state index contributed by atoms with van der Waals surface area (Å²) in [6.45, 7) is 4.70. The van der Waals surface area contributed by atoms with Crippen molar-refractivity contribution in [2.45, 2.75) is 70.4 Å². The smallest absolute Gasteiger partial charge is 0.0130 e. The molecule has 1 fully saturated rings. The van der Waals surface area contributed by atoms with Crippen molar-refractivity contribution in [3.8, 4) is 0 Å². The SMILES string of the molecule is CC(C)(CCc1ccccc1)NC1CCCCC1. The van der Waals surface area contributed by atoms with Crippen LogP contribution in [0.5, 0.6) is 0 Å². The first-order valence-corrected chi connectivity index (χ1v) is 7.47. The van der Waals surface area contributed by atoms with Crippen molar-refractivity contribution in [2.24, 2.45) is 0 Å². The number of rotatable bonds is 5. The summed E-state index contributed by atoms with van der Waals surface area (Å²) >= 11 is 0. The van der Waals surface area contributed by atoms with Gasteiger partial charge in [-0.25, -0.2) is 0 Å². The Labute approximate surface area is 112 Å². The molecule has 100 valence electrons. The molecule has 1 aliphatic rings. The molecule has 1 heteroatoms. The fourth-order valence-corrected chi connectivity index (χ4v) is 2.97. The van der Waals surface area contributed by atoms with Crippen LogP contribution in [-0.4, -0.2) is 11.6 Å². The Bertz CT molecular complexity index is 336. The second kappa shape index (κ2) is 6.38. The molecule has 0 bridgehead atoms. The third-order valence-corrected chi connectivity index (χ3v) is 4.08. The van der Waals surface area contributed by atoms with Crippen molar-refractivity contribution in [1.82, 2.24) is 5.32 Å². The molecule has 1 nitrogen and oxygen atoms in total. The minimum atomic E-state index is 0.262. The topological polar surface area (TPSA) is 12.0 Å². The predicted octanol–water partition coefficient (Wildman–Crippen LogP) is 4.32. The van der Waals surface area contributed by atoms with Gasteiger partial charge in [0, 0.05) is 11.6 Å². The lowest BCUT2D eigenvalue weighted by Crippen LogP contribution is -2.46. The summed E-state index contributed by atoms with van der Waals surface area (Å²) in [6.07, 6.45) is 9.38. The summed E-state index contributed by atoms with van der Waals surface area (Å²) in [4.78, 5) is 0. The van der Waals surface area contributed by atoms with Crippen LogP contribution in [0.4, 0.5) is 0 Å². The fraction of sp³-hybridized carbons (Fsp3) is 0.647. The molecule has 0 heterocycles. The van der Waals surface area contributed by atoms with Crippen molar-refractivity contribution in [1.29, 1.82) is 0 Å². The molecule has 1 N–H and O–H groups in total. The van der Waals surface area contributed by atoms with E-state index >= 15 is 0 Å². The highest BCUT2D eigenvalue weighted by Crippen LogP contribution is 2.22. The highest BCUT2D eigenvalue weighted by atomic mass is 15.0. The number of hydrogen-bond acceptors (Lipinski definition) is 1. The molecular formula is C17H27N. The molecule has 1 aromatic rings. The van der Waals surface area contributed by atoms with E-state index in [0.29, 0.717) is 0 Å². The third kappa shape index (κ3) is 4.45. The van der Waals surface area contributed by atoms with Gasteiger partial charge < -0.3 is 5.32 Å². The summed E-state index contributed by atoms with van der Waals surface area (Å²) < 4.78 is 0. The predicted molar refractivity (Wildman–Crippen MR) is 78.9 cm³/mol. The van der Waals surface area contributed by atoms with Gasteiger partial charge in [0.2, 0.25) is 0 Å². The van der Waals surface area contributed by atoms with E-state index in [1.54, 1.807) is 0 Å². The van der Waals surface area contributed by atoms with Crippen LogP contribution in [0.3, 0.4) is 0 Å². The van der Waals surface area contributed by atoms with Crippen LogP contribution in [0, 0.1) is 0 Å². The molecule has 0 amide bonds. The molecule has 0 unspecified atom stereocenters. The molecule has 1 aliphatic carbocycles. The van der Waals surface area contributed by atoms with Crippen molar-refractivity contribution in [3.63, 3.8) is 0 Å². The van der Waals surface area contributed by atoms with E-state index in [2.05, 4.69) is 49.5 Å². The van der Waals surface area contributed by atoms with E-state index < -0.39 is 0 Å². The molecule has 0 radical (unpaired) electrons. The average Bonchev–Trinajstić information content (AvgIpc) is 2.38. The van der Waals surface area contributed by atoms with Crippen LogP contribution in [0.1, 0.15) is 57.9 Å². The molecule has 2 rings (SSSR count). The highest BCUT2D eigenvalue weighted by Gasteiger charge is 2.23. The second-order valence-electron chi connectivity index (χ2n) is 6.35. The summed E-state index contributed by atoms with van der Waals surface area (Å²) in [5.41, 5.74) is 1.72. The molecule has 0 atom stereocenters. The molecule has 1 saturated carbocycles. The van der Waals surface area contributed by atoms with Gasteiger partial charge in [-0.15, -0.1) is 0 Å². The van der Waals surface area contributed by atoms with Gasteiger partial charge in [-0.2, -0.15) is 0 Å². The lowest BCUT2D eigenvalue weighted by molar-refractivity contribution is 0.268. The standard InChI is InChI=1S/C17H27N/c1-17(2,18-16-11-7-4-8-12-16)14-13-15-9-5-3-6-10-15/h3,5-6,9-10,16,18H,4,7-8,11-14H2,1-2H3. The number of aryl methyl sites for hydroxylation is 1. The largest absolute Gasteiger partial charge is 0.309 e. The van der Waals surface area contributed by atoms with Gasteiger partial charge in [-0.3, -0.25) is 0 Å². The van der Waals surface area contributed by atoms with Gasteiger partial charge in [0.15, 0.2) is 0 Å². The molecule has 0 saturated heterocycles. The van der Waals surface area contributed by atoms with Crippen LogP contribution in [0.2, 0.25) is 0 Å². The molecular weight excluding hydrogens is 218 g/mol. The first-order chi connectivity index (χ1) is 8.66. The van der Waals surface area contributed by atoms with E-state index in [1.165, 1.54) is 50.5 Å². The number of nitrogens with one attached hydrogen (secondary N) is 1. The van der Waals surface area contributed by atoms with Crippen LogP contribution < -0.4 is 5.32 Å². The Morgan fingerprint density at radius 2 is 1.72 bits per heavy atom. The maximum absolute atomic E-state index is 3.87. The maximum atomic E-state index is 3.87. The number of hydrogen-bond donors (Lipinski definition) is 1. The summed E-state index contributed by atoms with van der Waals surface area (Å²) in [6, 6.07) is 11.6. The van der Waals surface area contributed by atoms with Crippen LogP contribution in [-0.2, 0) is 6.42 Å². The Hall–Kier alpha value is -0.820. The van der Waals surface area contributed by atoms with Gasteiger partial charge >= 0.3 is 0 Å². The van der Waals surface area contributed by atoms with E-state index in [-0.39, 0.29) is 5.54 Å². The number of benzene rings is 1. The Kier molecular flexibility index (Phi) is 4.82. The lowest BCUT2D eigenvalue weighted by Gasteiger charge is -2.34. The first-order valence-electron chi connectivity index (χ1n) is 7.47. The van der Waals surface area contributed by atoms with Gasteiger partial charge in [0.05, 0.1) is 0 Å². The molecule has 0 spiro atoms. The van der Waals surface area contributed by atoms with E-state index in [0.717, 1.165) is 6.04 Å². The zero-order chi connectivity index (χ0) is 12.8. The van der Waals surface area contributed by atoms with Gasteiger partial charge in [-0.1, -0.05) is 49.6 Å². The van der Waals surface area contributed by atoms with Gasteiger partial charge in [0.1, 0.15) is 0 Å². The molecule has 0 aromatic heterocycles. The monoisotopic (exact) mass is 245 g/mol. The fourth-order valence-electron chi connectivity index (χ4n) is 2.97. The van der Waals surface area contributed by atoms with Crippen molar-refractivity contribution in [3.05, 3.63) is 35.9 Å². The molecule has 1 aromatic carbocycles. The maximum Gasteiger partial charge on any atom is 0.0130 e. The van der Waals surface area contributed by atoms with Crippen molar-refractivity contribution < 1.29 is 0 Å². The van der Waals surface area contributed by atoms with E-state index in [9.17, 15) is 0 Å². The minimum Gasteiger partial charge on any atom is -0.309 e.